The molecule has 2 nitrogen and oxygen atoms in total. The van der Waals surface area contributed by atoms with Crippen LogP contribution in [0, 0.1) is 13.8 Å². The Balaban J connectivity index is 2.46. The monoisotopic (exact) mass is 238 g/mol. The van der Waals surface area contributed by atoms with Crippen molar-refractivity contribution in [3.63, 3.8) is 0 Å². The van der Waals surface area contributed by atoms with Crippen molar-refractivity contribution in [3.05, 3.63) is 65.5 Å². The van der Waals surface area contributed by atoms with Crippen molar-refractivity contribution in [2.75, 3.05) is 0 Å². The van der Waals surface area contributed by atoms with Gasteiger partial charge in [0, 0.05) is 18.8 Å². The highest BCUT2D eigenvalue weighted by Crippen LogP contribution is 2.21. The Labute approximate surface area is 108 Å². The summed E-state index contributed by atoms with van der Waals surface area (Å²) in [6, 6.07) is 6.46. The fourth-order valence-electron chi connectivity index (χ4n) is 1.91. The van der Waals surface area contributed by atoms with Gasteiger partial charge in [0.15, 0.2) is 0 Å². The Morgan fingerprint density at radius 2 is 2.11 bits per heavy atom. The van der Waals surface area contributed by atoms with Gasteiger partial charge in [-0.25, -0.2) is 0 Å². The molecule has 0 aliphatic carbocycles. The lowest BCUT2D eigenvalue weighted by Crippen LogP contribution is -1.86. The van der Waals surface area contributed by atoms with E-state index in [1.807, 2.05) is 25.5 Å². The van der Waals surface area contributed by atoms with E-state index in [0.29, 0.717) is 0 Å². The van der Waals surface area contributed by atoms with Crippen molar-refractivity contribution in [3.8, 4) is 0 Å². The summed E-state index contributed by atoms with van der Waals surface area (Å²) in [5.41, 5.74) is 5.95. The van der Waals surface area contributed by atoms with Crippen LogP contribution >= 0.6 is 0 Å². The molecule has 0 fully saturated rings. The van der Waals surface area contributed by atoms with Gasteiger partial charge >= 0.3 is 0 Å². The van der Waals surface area contributed by atoms with Crippen LogP contribution < -0.4 is 0 Å². The van der Waals surface area contributed by atoms with Crippen LogP contribution in [0.1, 0.15) is 22.3 Å². The quantitative estimate of drug-likeness (QED) is 0.744. The van der Waals surface area contributed by atoms with Gasteiger partial charge in [-0.1, -0.05) is 36.4 Å². The lowest BCUT2D eigenvalue weighted by molar-refractivity contribution is 0.767. The SMILES string of the molecule is C=CC(=Cc1cc(C)ccc1C)c1cnn(C)c1. The molecule has 0 spiro atoms. The number of hydrogen-bond donors (Lipinski definition) is 0. The molecule has 0 radical (unpaired) electrons. The Kier molecular flexibility index (Phi) is 3.47. The van der Waals surface area contributed by atoms with E-state index in [1.165, 1.54) is 16.7 Å². The fraction of sp³-hybridized carbons (Fsp3) is 0.188. The second kappa shape index (κ2) is 5.05. The van der Waals surface area contributed by atoms with E-state index >= 15 is 0 Å². The van der Waals surface area contributed by atoms with Crippen LogP contribution in [0.4, 0.5) is 0 Å². The average molecular weight is 238 g/mol. The molecule has 2 rings (SSSR count). The van der Waals surface area contributed by atoms with Crippen molar-refractivity contribution in [2.24, 2.45) is 7.05 Å². The van der Waals surface area contributed by atoms with E-state index in [1.54, 1.807) is 4.68 Å². The number of aryl methyl sites for hydroxylation is 3. The first-order valence-corrected chi connectivity index (χ1v) is 6.00. The third-order valence-corrected chi connectivity index (χ3v) is 3.00. The summed E-state index contributed by atoms with van der Waals surface area (Å²) in [7, 11) is 1.92. The molecule has 0 saturated carbocycles. The summed E-state index contributed by atoms with van der Waals surface area (Å²) in [4.78, 5) is 0. The summed E-state index contributed by atoms with van der Waals surface area (Å²) in [6.07, 6.45) is 7.89. The lowest BCUT2D eigenvalue weighted by atomic mass is 10.0. The second-order valence-electron chi connectivity index (χ2n) is 4.57. The number of allylic oxidation sites excluding steroid dienone is 2. The number of nitrogens with zero attached hydrogens (tertiary/aromatic N) is 2. The predicted molar refractivity (Wildman–Crippen MR) is 77.2 cm³/mol. The molecule has 0 bridgehead atoms. The largest absolute Gasteiger partial charge is 0.275 e. The summed E-state index contributed by atoms with van der Waals surface area (Å²) >= 11 is 0. The molecule has 1 aromatic carbocycles. The minimum atomic E-state index is 1.09. The Hall–Kier alpha value is -2.09. The minimum absolute atomic E-state index is 1.09. The van der Waals surface area contributed by atoms with E-state index < -0.39 is 0 Å². The van der Waals surface area contributed by atoms with Gasteiger partial charge in [-0.15, -0.1) is 0 Å². The molecular formula is C16H18N2. The van der Waals surface area contributed by atoms with Crippen LogP contribution in [0.2, 0.25) is 0 Å². The van der Waals surface area contributed by atoms with E-state index in [-0.39, 0.29) is 0 Å². The molecule has 0 atom stereocenters. The molecule has 18 heavy (non-hydrogen) atoms. The molecule has 0 aliphatic rings. The number of hydrogen-bond acceptors (Lipinski definition) is 1. The lowest BCUT2D eigenvalue weighted by Gasteiger charge is -2.04. The van der Waals surface area contributed by atoms with Gasteiger partial charge in [0.1, 0.15) is 0 Å². The Morgan fingerprint density at radius 1 is 1.33 bits per heavy atom. The zero-order valence-electron chi connectivity index (χ0n) is 11.1. The van der Waals surface area contributed by atoms with Crippen molar-refractivity contribution in [2.45, 2.75) is 13.8 Å². The second-order valence-corrected chi connectivity index (χ2v) is 4.57. The maximum absolute atomic E-state index is 4.20. The molecular weight excluding hydrogens is 220 g/mol. The molecule has 92 valence electrons. The van der Waals surface area contributed by atoms with Crippen LogP contribution in [0.5, 0.6) is 0 Å². The first-order valence-electron chi connectivity index (χ1n) is 6.00. The van der Waals surface area contributed by atoms with Crippen molar-refractivity contribution >= 4 is 11.6 Å². The Morgan fingerprint density at radius 3 is 2.72 bits per heavy atom. The molecule has 1 heterocycles. The highest BCUT2D eigenvalue weighted by molar-refractivity contribution is 5.87. The van der Waals surface area contributed by atoms with E-state index in [9.17, 15) is 0 Å². The number of rotatable bonds is 3. The zero-order chi connectivity index (χ0) is 13.1. The van der Waals surface area contributed by atoms with Gasteiger partial charge in [-0.3, -0.25) is 4.68 Å². The van der Waals surface area contributed by atoms with Gasteiger partial charge in [-0.2, -0.15) is 5.10 Å². The fourth-order valence-corrected chi connectivity index (χ4v) is 1.91. The highest BCUT2D eigenvalue weighted by atomic mass is 15.2. The van der Waals surface area contributed by atoms with Crippen LogP contribution in [0.25, 0.3) is 11.6 Å². The van der Waals surface area contributed by atoms with Gasteiger partial charge in [0.05, 0.1) is 6.20 Å². The number of aromatic nitrogens is 2. The van der Waals surface area contributed by atoms with Gasteiger partial charge < -0.3 is 0 Å². The topological polar surface area (TPSA) is 17.8 Å². The summed E-state index contributed by atoms with van der Waals surface area (Å²) in [5, 5.41) is 4.20. The third kappa shape index (κ3) is 2.59. The predicted octanol–water partition coefficient (Wildman–Crippen LogP) is 3.76. The van der Waals surface area contributed by atoms with Crippen molar-refractivity contribution in [1.82, 2.24) is 9.78 Å². The zero-order valence-corrected chi connectivity index (χ0v) is 11.1. The third-order valence-electron chi connectivity index (χ3n) is 3.00. The molecule has 0 amide bonds. The standard InChI is InChI=1S/C16H18N2/c1-5-14(16-10-17-18(4)11-16)9-15-8-12(2)6-7-13(15)3/h5-11H,1H2,2-4H3. The van der Waals surface area contributed by atoms with E-state index in [0.717, 1.165) is 11.1 Å². The van der Waals surface area contributed by atoms with Crippen LogP contribution in [-0.2, 0) is 7.05 Å². The maximum atomic E-state index is 4.20. The molecule has 0 aliphatic heterocycles. The number of benzene rings is 1. The van der Waals surface area contributed by atoms with Crippen LogP contribution in [0.15, 0.2) is 43.2 Å². The average Bonchev–Trinajstić information content (AvgIpc) is 2.77. The summed E-state index contributed by atoms with van der Waals surface area (Å²) in [5.74, 6) is 0. The van der Waals surface area contributed by atoms with Gasteiger partial charge in [0.2, 0.25) is 0 Å². The summed E-state index contributed by atoms with van der Waals surface area (Å²) in [6.45, 7) is 8.12. The first kappa shape index (κ1) is 12.4. The van der Waals surface area contributed by atoms with Gasteiger partial charge in [-0.05, 0) is 36.6 Å². The highest BCUT2D eigenvalue weighted by Gasteiger charge is 2.02. The van der Waals surface area contributed by atoms with Crippen molar-refractivity contribution < 1.29 is 0 Å². The molecule has 1 aromatic heterocycles. The maximum Gasteiger partial charge on any atom is 0.0568 e. The van der Waals surface area contributed by atoms with E-state index in [2.05, 4.69) is 49.8 Å². The Bertz CT molecular complexity index is 603. The first-order chi connectivity index (χ1) is 8.60. The van der Waals surface area contributed by atoms with Crippen LogP contribution in [0.3, 0.4) is 0 Å². The molecule has 0 unspecified atom stereocenters. The van der Waals surface area contributed by atoms with E-state index in [4.69, 9.17) is 0 Å². The minimum Gasteiger partial charge on any atom is -0.275 e. The normalized spacial score (nSPS) is 11.6. The molecule has 2 aromatic rings. The molecule has 2 heteroatoms. The molecule has 0 saturated heterocycles. The van der Waals surface area contributed by atoms with Gasteiger partial charge in [0.25, 0.3) is 0 Å². The van der Waals surface area contributed by atoms with Crippen LogP contribution in [-0.4, -0.2) is 9.78 Å². The molecule has 0 N–H and O–H groups in total. The van der Waals surface area contributed by atoms with Crippen molar-refractivity contribution in [1.29, 1.82) is 0 Å². The summed E-state index contributed by atoms with van der Waals surface area (Å²) < 4.78 is 1.80. The smallest absolute Gasteiger partial charge is 0.0568 e.